The topological polar surface area (TPSA) is 67.8 Å². The van der Waals surface area contributed by atoms with Gasteiger partial charge in [-0.05, 0) is 25.5 Å². The van der Waals surface area contributed by atoms with Gasteiger partial charge in [0.2, 0.25) is 5.91 Å². The number of hydrazone groups is 1. The highest BCUT2D eigenvalue weighted by Crippen LogP contribution is 2.28. The number of nitrogens with one attached hydrogen (secondary N) is 1. The van der Waals surface area contributed by atoms with Gasteiger partial charge in [-0.1, -0.05) is 13.8 Å². The fraction of sp³-hybridized carbons (Fsp3) is 0.438. The molecule has 1 aliphatic heterocycles. The van der Waals surface area contributed by atoms with Crippen molar-refractivity contribution in [2.24, 2.45) is 11.0 Å². The van der Waals surface area contributed by atoms with Crippen LogP contribution >= 0.6 is 0 Å². The van der Waals surface area contributed by atoms with Crippen molar-refractivity contribution in [1.29, 1.82) is 0 Å². The predicted octanol–water partition coefficient (Wildman–Crippen LogP) is 2.22. The molecule has 0 fully saturated rings. The van der Waals surface area contributed by atoms with E-state index >= 15 is 0 Å². The first-order chi connectivity index (χ1) is 10.4. The van der Waals surface area contributed by atoms with Crippen molar-refractivity contribution in [3.63, 3.8) is 0 Å². The molecule has 5 nitrogen and oxygen atoms in total. The molecule has 1 atom stereocenters. The molecule has 1 heterocycles. The summed E-state index contributed by atoms with van der Waals surface area (Å²) in [5.74, 6) is -0.498. The number of nitrogens with zero attached hydrogens (tertiary/aromatic N) is 1. The molecule has 1 aliphatic rings. The second kappa shape index (κ2) is 6.68. The molecule has 0 saturated carbocycles. The minimum absolute atomic E-state index is 0.0841. The SMILES string of the molecule is CCc1c(OCC(C)=O)ccc(C2=NNC(=O)CC2C)c1F. The number of hydrogen-bond donors (Lipinski definition) is 1. The van der Waals surface area contributed by atoms with E-state index in [1.807, 2.05) is 13.8 Å². The van der Waals surface area contributed by atoms with Crippen LogP contribution in [-0.4, -0.2) is 24.0 Å². The summed E-state index contributed by atoms with van der Waals surface area (Å²) < 4.78 is 20.1. The molecule has 0 radical (unpaired) electrons. The Balaban J connectivity index is 2.38. The van der Waals surface area contributed by atoms with Gasteiger partial charge in [0.15, 0.2) is 5.78 Å². The van der Waals surface area contributed by atoms with Gasteiger partial charge >= 0.3 is 0 Å². The molecule has 0 spiro atoms. The quantitative estimate of drug-likeness (QED) is 0.907. The van der Waals surface area contributed by atoms with E-state index in [1.165, 1.54) is 6.92 Å². The van der Waals surface area contributed by atoms with Crippen LogP contribution in [0.15, 0.2) is 17.2 Å². The van der Waals surface area contributed by atoms with Crippen molar-refractivity contribution in [2.75, 3.05) is 6.61 Å². The maximum Gasteiger partial charge on any atom is 0.240 e. The standard InChI is InChI=1S/C16H19FN2O3/c1-4-11-13(22-8-10(3)20)6-5-12(15(11)17)16-9(2)7-14(21)18-19-16/h5-6,9H,4,7-8H2,1-3H3,(H,18,21). The summed E-state index contributed by atoms with van der Waals surface area (Å²) in [5.41, 5.74) is 3.67. The zero-order chi connectivity index (χ0) is 16.3. The Kier molecular flexibility index (Phi) is 4.90. The Morgan fingerprint density at radius 3 is 2.82 bits per heavy atom. The fourth-order valence-corrected chi connectivity index (χ4v) is 2.42. The van der Waals surface area contributed by atoms with E-state index in [4.69, 9.17) is 4.74 Å². The Morgan fingerprint density at radius 2 is 2.23 bits per heavy atom. The van der Waals surface area contributed by atoms with Gasteiger partial charge in [-0.3, -0.25) is 9.59 Å². The van der Waals surface area contributed by atoms with E-state index in [1.54, 1.807) is 12.1 Å². The molecular formula is C16H19FN2O3. The first-order valence-corrected chi connectivity index (χ1v) is 7.24. The van der Waals surface area contributed by atoms with Gasteiger partial charge in [-0.2, -0.15) is 5.10 Å². The number of ether oxygens (including phenoxy) is 1. The molecular weight excluding hydrogens is 287 g/mol. The number of amides is 1. The Labute approximate surface area is 128 Å². The van der Waals surface area contributed by atoms with Crippen LogP contribution in [0.25, 0.3) is 0 Å². The number of hydrogen-bond acceptors (Lipinski definition) is 4. The zero-order valence-corrected chi connectivity index (χ0v) is 12.9. The first-order valence-electron chi connectivity index (χ1n) is 7.24. The van der Waals surface area contributed by atoms with Gasteiger partial charge in [0.1, 0.15) is 18.2 Å². The van der Waals surface area contributed by atoms with Crippen molar-refractivity contribution >= 4 is 17.4 Å². The highest BCUT2D eigenvalue weighted by atomic mass is 19.1. The van der Waals surface area contributed by atoms with Gasteiger partial charge in [0.25, 0.3) is 0 Å². The maximum absolute atomic E-state index is 14.8. The lowest BCUT2D eigenvalue weighted by Crippen LogP contribution is -2.32. The summed E-state index contributed by atoms with van der Waals surface area (Å²) in [4.78, 5) is 22.3. The molecule has 0 aromatic heterocycles. The fourth-order valence-electron chi connectivity index (χ4n) is 2.42. The lowest BCUT2D eigenvalue weighted by atomic mass is 9.92. The molecule has 1 unspecified atom stereocenters. The third-order valence-corrected chi connectivity index (χ3v) is 3.52. The summed E-state index contributed by atoms with van der Waals surface area (Å²) in [6.45, 7) is 4.98. The van der Waals surface area contributed by atoms with Gasteiger partial charge in [-0.15, -0.1) is 0 Å². The van der Waals surface area contributed by atoms with Gasteiger partial charge in [0, 0.05) is 23.5 Å². The molecule has 0 aliphatic carbocycles. The second-order valence-corrected chi connectivity index (χ2v) is 5.39. The zero-order valence-electron chi connectivity index (χ0n) is 12.9. The summed E-state index contributed by atoms with van der Waals surface area (Å²) in [6.07, 6.45) is 0.712. The van der Waals surface area contributed by atoms with Crippen LogP contribution in [0, 0.1) is 11.7 Å². The summed E-state index contributed by atoms with van der Waals surface area (Å²) >= 11 is 0. The lowest BCUT2D eigenvalue weighted by Gasteiger charge is -2.21. The van der Waals surface area contributed by atoms with Crippen LogP contribution in [0.2, 0.25) is 0 Å². The number of rotatable bonds is 5. The van der Waals surface area contributed by atoms with Gasteiger partial charge in [0.05, 0.1) is 5.71 Å². The number of ketones is 1. The smallest absolute Gasteiger partial charge is 0.240 e. The van der Waals surface area contributed by atoms with E-state index < -0.39 is 5.82 Å². The molecule has 6 heteroatoms. The highest BCUT2D eigenvalue weighted by molar-refractivity contribution is 6.06. The Hall–Kier alpha value is -2.24. The van der Waals surface area contributed by atoms with Crippen LogP contribution in [0.4, 0.5) is 4.39 Å². The molecule has 0 bridgehead atoms. The largest absolute Gasteiger partial charge is 0.485 e. The molecule has 118 valence electrons. The Bertz CT molecular complexity index is 641. The number of halogens is 1. The Morgan fingerprint density at radius 1 is 1.50 bits per heavy atom. The molecule has 1 aromatic rings. The van der Waals surface area contributed by atoms with Gasteiger partial charge in [-0.25, -0.2) is 9.82 Å². The third kappa shape index (κ3) is 3.32. The molecule has 2 rings (SSSR count). The van der Waals surface area contributed by atoms with E-state index in [9.17, 15) is 14.0 Å². The van der Waals surface area contributed by atoms with Crippen LogP contribution < -0.4 is 10.2 Å². The maximum atomic E-state index is 14.8. The van der Waals surface area contributed by atoms with Crippen molar-refractivity contribution in [3.8, 4) is 5.75 Å². The van der Waals surface area contributed by atoms with Crippen LogP contribution in [0.3, 0.4) is 0 Å². The van der Waals surface area contributed by atoms with Crippen molar-refractivity contribution in [1.82, 2.24) is 5.43 Å². The van der Waals surface area contributed by atoms with Crippen molar-refractivity contribution in [2.45, 2.75) is 33.6 Å². The molecule has 1 N–H and O–H groups in total. The lowest BCUT2D eigenvalue weighted by molar-refractivity contribution is -0.122. The minimum atomic E-state index is -0.412. The number of carbonyl (C=O) groups excluding carboxylic acids is 2. The summed E-state index contributed by atoms with van der Waals surface area (Å²) in [7, 11) is 0. The average Bonchev–Trinajstić information content (AvgIpc) is 2.46. The normalized spacial score (nSPS) is 17.7. The third-order valence-electron chi connectivity index (χ3n) is 3.52. The average molecular weight is 306 g/mol. The van der Waals surface area contributed by atoms with Crippen LogP contribution in [-0.2, 0) is 16.0 Å². The molecule has 22 heavy (non-hydrogen) atoms. The molecule has 0 saturated heterocycles. The second-order valence-electron chi connectivity index (χ2n) is 5.39. The number of Topliss-reactive ketones (excluding diaryl/α,β-unsaturated/α-hetero) is 1. The van der Waals surface area contributed by atoms with E-state index in [-0.39, 0.29) is 30.6 Å². The number of carbonyl (C=O) groups is 2. The predicted molar refractivity (Wildman–Crippen MR) is 80.4 cm³/mol. The highest BCUT2D eigenvalue weighted by Gasteiger charge is 2.25. The van der Waals surface area contributed by atoms with E-state index in [2.05, 4.69) is 10.5 Å². The summed E-state index contributed by atoms with van der Waals surface area (Å²) in [6, 6.07) is 3.22. The van der Waals surface area contributed by atoms with E-state index in [0.717, 1.165) is 0 Å². The minimum Gasteiger partial charge on any atom is -0.485 e. The van der Waals surface area contributed by atoms with Crippen LogP contribution in [0.5, 0.6) is 5.75 Å². The summed E-state index contributed by atoms with van der Waals surface area (Å²) in [5, 5.41) is 3.98. The van der Waals surface area contributed by atoms with E-state index in [0.29, 0.717) is 29.0 Å². The van der Waals surface area contributed by atoms with Crippen molar-refractivity contribution < 1.29 is 18.7 Å². The molecule has 1 amide bonds. The van der Waals surface area contributed by atoms with Crippen molar-refractivity contribution in [3.05, 3.63) is 29.1 Å². The molecule has 1 aromatic carbocycles. The first kappa shape index (κ1) is 16.1. The number of benzene rings is 1. The van der Waals surface area contributed by atoms with Crippen LogP contribution in [0.1, 0.15) is 38.3 Å². The monoisotopic (exact) mass is 306 g/mol. The van der Waals surface area contributed by atoms with Gasteiger partial charge < -0.3 is 4.74 Å².